The lowest BCUT2D eigenvalue weighted by Gasteiger charge is -2.17. The molecule has 7 nitrogen and oxygen atoms in total. The Morgan fingerprint density at radius 3 is 2.09 bits per heavy atom. The number of ketones is 1. The molecule has 166 valence electrons. The third kappa shape index (κ3) is 5.63. The van der Waals surface area contributed by atoms with Gasteiger partial charge in [-0.25, -0.2) is 4.79 Å². The van der Waals surface area contributed by atoms with Gasteiger partial charge in [0.25, 0.3) is 5.78 Å². The monoisotopic (exact) mass is 436 g/mol. The first-order valence-corrected chi connectivity index (χ1v) is 10.0. The van der Waals surface area contributed by atoms with Crippen molar-refractivity contribution < 1.29 is 33.7 Å². The van der Waals surface area contributed by atoms with Crippen molar-refractivity contribution in [3.8, 4) is 17.2 Å². The highest BCUT2D eigenvalue weighted by molar-refractivity contribution is 6.39. The minimum Gasteiger partial charge on any atom is -0.490 e. The van der Waals surface area contributed by atoms with Gasteiger partial charge in [0.15, 0.2) is 0 Å². The van der Waals surface area contributed by atoms with Crippen LogP contribution in [0.25, 0.3) is 10.8 Å². The van der Waals surface area contributed by atoms with E-state index in [1.54, 1.807) is 26.8 Å². The van der Waals surface area contributed by atoms with Crippen LogP contribution in [-0.4, -0.2) is 36.0 Å². The summed E-state index contributed by atoms with van der Waals surface area (Å²) in [6, 6.07) is 16.9. The molecule has 0 aliphatic rings. The molecule has 0 radical (unpaired) electrons. The van der Waals surface area contributed by atoms with Crippen LogP contribution in [0.1, 0.15) is 31.1 Å². The molecule has 32 heavy (non-hydrogen) atoms. The summed E-state index contributed by atoms with van der Waals surface area (Å²) in [7, 11) is 0. The number of ether oxygens (including phenoxy) is 3. The summed E-state index contributed by atoms with van der Waals surface area (Å²) in [4.78, 5) is 34.4. The molecule has 0 spiro atoms. The molecule has 0 unspecified atom stereocenters. The van der Waals surface area contributed by atoms with Gasteiger partial charge in [-0.2, -0.15) is 0 Å². The Balaban J connectivity index is 1.61. The van der Waals surface area contributed by atoms with E-state index in [0.29, 0.717) is 17.2 Å². The molecule has 1 N–H and O–H groups in total. The number of fused-ring (bicyclic) bond motifs is 1. The molecule has 0 saturated carbocycles. The number of hydrogen-bond donors (Lipinski definition) is 1. The minimum absolute atomic E-state index is 0.0835. The van der Waals surface area contributed by atoms with Crippen molar-refractivity contribution in [3.05, 3.63) is 66.2 Å². The van der Waals surface area contributed by atoms with Crippen LogP contribution < -0.4 is 14.2 Å². The van der Waals surface area contributed by atoms with E-state index in [1.807, 2.05) is 30.3 Å². The van der Waals surface area contributed by atoms with Crippen LogP contribution in [0, 0.1) is 5.41 Å². The van der Waals surface area contributed by atoms with E-state index in [0.717, 1.165) is 10.8 Å². The topological polar surface area (TPSA) is 99.1 Å². The van der Waals surface area contributed by atoms with Gasteiger partial charge in [0, 0.05) is 10.9 Å². The third-order valence-corrected chi connectivity index (χ3v) is 4.56. The second-order valence-electron chi connectivity index (χ2n) is 8.13. The average molecular weight is 436 g/mol. The van der Waals surface area contributed by atoms with Gasteiger partial charge in [0.05, 0.1) is 5.41 Å². The quantitative estimate of drug-likeness (QED) is 0.182. The Morgan fingerprint density at radius 1 is 0.844 bits per heavy atom. The maximum Gasteiger partial charge on any atom is 0.377 e. The molecule has 0 heterocycles. The summed E-state index contributed by atoms with van der Waals surface area (Å²) >= 11 is 0. The lowest BCUT2D eigenvalue weighted by atomic mass is 9.97. The maximum atomic E-state index is 12.3. The first-order chi connectivity index (χ1) is 15.1. The molecule has 3 aromatic rings. The fraction of sp³-hybridized carbons (Fsp3) is 0.240. The lowest BCUT2D eigenvalue weighted by molar-refractivity contribution is -0.142. The predicted molar refractivity (Wildman–Crippen MR) is 118 cm³/mol. The van der Waals surface area contributed by atoms with Crippen LogP contribution in [-0.2, 0) is 9.59 Å². The predicted octanol–water partition coefficient (Wildman–Crippen LogP) is 4.52. The van der Waals surface area contributed by atoms with Gasteiger partial charge in [-0.05, 0) is 68.6 Å². The lowest BCUT2D eigenvalue weighted by Crippen LogP contribution is -2.25. The average Bonchev–Trinajstić information content (AvgIpc) is 2.76. The molecular weight excluding hydrogens is 412 g/mol. The molecule has 0 atom stereocenters. The van der Waals surface area contributed by atoms with Crippen LogP contribution in [0.15, 0.2) is 60.7 Å². The maximum absolute atomic E-state index is 12.3. The van der Waals surface area contributed by atoms with Crippen LogP contribution in [0.4, 0.5) is 0 Å². The third-order valence-electron chi connectivity index (χ3n) is 4.56. The van der Waals surface area contributed by atoms with Crippen molar-refractivity contribution in [2.45, 2.75) is 20.8 Å². The number of hydrogen-bond acceptors (Lipinski definition) is 6. The molecule has 0 fully saturated rings. The largest absolute Gasteiger partial charge is 0.490 e. The molecular formula is C25H24O7. The number of Topliss-reactive ketones (excluding diaryl/α,β-unsaturated/α-hetero) is 1. The molecule has 0 bridgehead atoms. The van der Waals surface area contributed by atoms with Crippen molar-refractivity contribution in [2.75, 3.05) is 13.2 Å². The van der Waals surface area contributed by atoms with Gasteiger partial charge in [-0.15, -0.1) is 0 Å². The van der Waals surface area contributed by atoms with E-state index in [-0.39, 0.29) is 24.7 Å². The van der Waals surface area contributed by atoms with Crippen molar-refractivity contribution in [1.29, 1.82) is 0 Å². The fourth-order valence-electron chi connectivity index (χ4n) is 2.80. The van der Waals surface area contributed by atoms with Gasteiger partial charge in [0.2, 0.25) is 0 Å². The van der Waals surface area contributed by atoms with Gasteiger partial charge in [-0.3, -0.25) is 9.59 Å². The zero-order valence-corrected chi connectivity index (χ0v) is 18.1. The summed E-state index contributed by atoms with van der Waals surface area (Å²) in [5, 5.41) is 10.4. The molecule has 3 aromatic carbocycles. The number of benzene rings is 3. The molecule has 0 aromatic heterocycles. The van der Waals surface area contributed by atoms with E-state index in [4.69, 9.17) is 19.3 Å². The zero-order chi connectivity index (χ0) is 23.3. The summed E-state index contributed by atoms with van der Waals surface area (Å²) in [6.45, 7) is 5.89. The van der Waals surface area contributed by atoms with Crippen LogP contribution >= 0.6 is 0 Å². The molecule has 3 rings (SSSR count). The van der Waals surface area contributed by atoms with Crippen molar-refractivity contribution in [3.63, 3.8) is 0 Å². The SMILES string of the molecule is CC(C)(C)C(=O)Oc1cccc2ccc(OCCOc3ccc(C(=O)C(=O)O)cc3)cc12. The molecule has 7 heteroatoms. The van der Waals surface area contributed by atoms with E-state index < -0.39 is 17.2 Å². The summed E-state index contributed by atoms with van der Waals surface area (Å²) in [5.74, 6) is -1.23. The second-order valence-corrected chi connectivity index (χ2v) is 8.13. The van der Waals surface area contributed by atoms with Gasteiger partial charge in [0.1, 0.15) is 30.5 Å². The normalized spacial score (nSPS) is 11.1. The number of carbonyl (C=O) groups is 3. The van der Waals surface area contributed by atoms with Crippen LogP contribution in [0.3, 0.4) is 0 Å². The number of carboxylic acid groups (broad SMARTS) is 1. The molecule has 0 amide bonds. The summed E-state index contributed by atoms with van der Waals surface area (Å²) in [5.41, 5.74) is -0.535. The van der Waals surface area contributed by atoms with Crippen LogP contribution in [0.5, 0.6) is 17.2 Å². The fourth-order valence-corrected chi connectivity index (χ4v) is 2.80. The first-order valence-electron chi connectivity index (χ1n) is 10.0. The minimum atomic E-state index is -1.50. The highest BCUT2D eigenvalue weighted by Gasteiger charge is 2.24. The number of carbonyl (C=O) groups excluding carboxylic acids is 2. The Labute approximate surface area is 185 Å². The van der Waals surface area contributed by atoms with Crippen molar-refractivity contribution >= 4 is 28.5 Å². The Kier molecular flexibility index (Phi) is 6.78. The number of rotatable bonds is 8. The summed E-state index contributed by atoms with van der Waals surface area (Å²) < 4.78 is 16.9. The zero-order valence-electron chi connectivity index (χ0n) is 18.1. The smallest absolute Gasteiger partial charge is 0.377 e. The second kappa shape index (κ2) is 9.51. The Morgan fingerprint density at radius 2 is 1.47 bits per heavy atom. The van der Waals surface area contributed by atoms with E-state index >= 15 is 0 Å². The standard InChI is InChI=1S/C25H24O7/c1-25(2,3)24(29)32-21-6-4-5-16-7-12-19(15-20(16)21)31-14-13-30-18-10-8-17(9-11-18)22(26)23(27)28/h4-12,15H,13-14H2,1-3H3,(H,27,28). The van der Waals surface area contributed by atoms with Gasteiger partial charge >= 0.3 is 11.9 Å². The summed E-state index contributed by atoms with van der Waals surface area (Å²) in [6.07, 6.45) is 0. The Bertz CT molecular complexity index is 1140. The van der Waals surface area contributed by atoms with E-state index in [2.05, 4.69) is 0 Å². The number of carboxylic acids is 1. The highest BCUT2D eigenvalue weighted by atomic mass is 16.5. The number of esters is 1. The molecule has 0 aliphatic heterocycles. The Hall–Kier alpha value is -3.87. The van der Waals surface area contributed by atoms with Crippen molar-refractivity contribution in [1.82, 2.24) is 0 Å². The van der Waals surface area contributed by atoms with Crippen LogP contribution in [0.2, 0.25) is 0 Å². The van der Waals surface area contributed by atoms with Crippen molar-refractivity contribution in [2.24, 2.45) is 5.41 Å². The van der Waals surface area contributed by atoms with E-state index in [9.17, 15) is 14.4 Å². The highest BCUT2D eigenvalue weighted by Crippen LogP contribution is 2.31. The van der Waals surface area contributed by atoms with Gasteiger partial charge < -0.3 is 19.3 Å². The van der Waals surface area contributed by atoms with Gasteiger partial charge in [-0.1, -0.05) is 18.2 Å². The molecule has 0 aliphatic carbocycles. The van der Waals surface area contributed by atoms with E-state index in [1.165, 1.54) is 24.3 Å². The molecule has 0 saturated heterocycles. The number of aliphatic carboxylic acids is 1. The first kappa shape index (κ1) is 22.8.